The monoisotopic (exact) mass is 547 g/mol. The van der Waals surface area contributed by atoms with E-state index in [1.807, 2.05) is 6.92 Å². The minimum atomic E-state index is -4.70. The van der Waals surface area contributed by atoms with Crippen LogP contribution in [0.1, 0.15) is 37.8 Å². The maximum atomic E-state index is 13.5. The number of rotatable bonds is 11. The number of halogens is 4. The number of carbonyl (C=O) groups is 2. The molecule has 0 aliphatic rings. The predicted molar refractivity (Wildman–Crippen MR) is 133 cm³/mol. The smallest absolute Gasteiger partial charge is 0.354 e. The molecule has 36 heavy (non-hydrogen) atoms. The van der Waals surface area contributed by atoms with Gasteiger partial charge in [-0.3, -0.25) is 13.9 Å². The van der Waals surface area contributed by atoms with Crippen LogP contribution in [-0.4, -0.2) is 50.5 Å². The first-order valence-electron chi connectivity index (χ1n) is 11.2. The van der Waals surface area contributed by atoms with Crippen molar-refractivity contribution < 1.29 is 31.2 Å². The van der Waals surface area contributed by atoms with E-state index in [4.69, 9.17) is 11.6 Å². The third-order valence-electron chi connectivity index (χ3n) is 5.37. The van der Waals surface area contributed by atoms with Crippen LogP contribution >= 0.6 is 11.6 Å². The van der Waals surface area contributed by atoms with E-state index in [2.05, 4.69) is 5.32 Å². The first-order chi connectivity index (χ1) is 16.8. The highest BCUT2D eigenvalue weighted by atomic mass is 35.5. The van der Waals surface area contributed by atoms with Gasteiger partial charge in [0.25, 0.3) is 0 Å². The first-order valence-corrected chi connectivity index (χ1v) is 13.5. The highest BCUT2D eigenvalue weighted by Gasteiger charge is 2.34. The molecule has 0 aromatic heterocycles. The van der Waals surface area contributed by atoms with E-state index in [1.54, 1.807) is 31.2 Å². The summed E-state index contributed by atoms with van der Waals surface area (Å²) < 4.78 is 65.4. The zero-order chi connectivity index (χ0) is 27.1. The molecule has 0 unspecified atom stereocenters. The summed E-state index contributed by atoms with van der Waals surface area (Å²) in [5.74, 6) is -1.19. The molecule has 1 N–H and O–H groups in total. The van der Waals surface area contributed by atoms with E-state index in [-0.39, 0.29) is 18.7 Å². The van der Waals surface area contributed by atoms with Crippen LogP contribution in [0.4, 0.5) is 18.9 Å². The lowest BCUT2D eigenvalue weighted by molar-refractivity contribution is -0.140. The molecule has 198 valence electrons. The maximum Gasteiger partial charge on any atom is 0.416 e. The van der Waals surface area contributed by atoms with Crippen LogP contribution in [0.15, 0.2) is 48.5 Å². The Labute approximate surface area is 214 Å². The minimum Gasteiger partial charge on any atom is -0.354 e. The van der Waals surface area contributed by atoms with E-state index in [9.17, 15) is 31.2 Å². The van der Waals surface area contributed by atoms with Gasteiger partial charge in [0.05, 0.1) is 17.5 Å². The molecular weight excluding hydrogens is 519 g/mol. The summed E-state index contributed by atoms with van der Waals surface area (Å²) in [7, 11) is -4.16. The van der Waals surface area contributed by atoms with Gasteiger partial charge in [-0.1, -0.05) is 49.7 Å². The SMILES string of the molecule is CCCNC(=O)[C@@H](CC)N(Cc1ccccc1Cl)C(=O)CN(c1cccc(C(F)(F)F)c1)S(C)(=O)=O. The molecule has 0 saturated carbocycles. The molecule has 0 aliphatic heterocycles. The van der Waals surface area contributed by atoms with Crippen LogP contribution in [0, 0.1) is 0 Å². The molecule has 0 saturated heterocycles. The third-order valence-corrected chi connectivity index (χ3v) is 6.88. The van der Waals surface area contributed by atoms with Gasteiger partial charge in [-0.25, -0.2) is 8.42 Å². The van der Waals surface area contributed by atoms with E-state index >= 15 is 0 Å². The summed E-state index contributed by atoms with van der Waals surface area (Å²) in [5, 5.41) is 3.08. The highest BCUT2D eigenvalue weighted by molar-refractivity contribution is 7.92. The fourth-order valence-corrected chi connectivity index (χ4v) is 4.58. The number of nitrogens with zero attached hydrogens (tertiary/aromatic N) is 2. The lowest BCUT2D eigenvalue weighted by Crippen LogP contribution is -2.52. The normalized spacial score (nSPS) is 12.6. The zero-order valence-electron chi connectivity index (χ0n) is 20.2. The summed E-state index contributed by atoms with van der Waals surface area (Å²) in [5.41, 5.74) is -0.847. The number of sulfonamides is 1. The molecule has 0 aliphatic carbocycles. The number of amides is 2. The van der Waals surface area contributed by atoms with Gasteiger partial charge in [-0.05, 0) is 42.7 Å². The Morgan fingerprint density at radius 3 is 2.31 bits per heavy atom. The predicted octanol–water partition coefficient (Wildman–Crippen LogP) is 4.46. The number of carbonyl (C=O) groups excluding carboxylic acids is 2. The third kappa shape index (κ3) is 7.86. The molecular formula is C24H29ClF3N3O4S. The summed E-state index contributed by atoms with van der Waals surface area (Å²) >= 11 is 6.27. The lowest BCUT2D eigenvalue weighted by Gasteiger charge is -2.33. The lowest BCUT2D eigenvalue weighted by atomic mass is 10.1. The van der Waals surface area contributed by atoms with Crippen molar-refractivity contribution in [1.82, 2.24) is 10.2 Å². The van der Waals surface area contributed by atoms with Gasteiger partial charge in [0, 0.05) is 18.1 Å². The Balaban J connectivity index is 2.49. The topological polar surface area (TPSA) is 86.8 Å². The van der Waals surface area contributed by atoms with Crippen LogP contribution in [0.2, 0.25) is 5.02 Å². The average molecular weight is 548 g/mol. The summed E-state index contributed by atoms with van der Waals surface area (Å²) in [6, 6.07) is 9.43. The van der Waals surface area contributed by atoms with Crippen molar-refractivity contribution in [3.05, 3.63) is 64.7 Å². The number of alkyl halides is 3. The zero-order valence-corrected chi connectivity index (χ0v) is 21.8. The quantitative estimate of drug-likeness (QED) is 0.450. The Kier molecular flexibility index (Phi) is 10.2. The Morgan fingerprint density at radius 2 is 1.75 bits per heavy atom. The number of hydrogen-bond donors (Lipinski definition) is 1. The second-order valence-electron chi connectivity index (χ2n) is 8.15. The van der Waals surface area contributed by atoms with Crippen molar-refractivity contribution in [2.24, 2.45) is 0 Å². The fraction of sp³-hybridized carbons (Fsp3) is 0.417. The van der Waals surface area contributed by atoms with Gasteiger partial charge < -0.3 is 10.2 Å². The molecule has 2 aromatic carbocycles. The van der Waals surface area contributed by atoms with Crippen LogP contribution < -0.4 is 9.62 Å². The maximum absolute atomic E-state index is 13.5. The molecule has 0 spiro atoms. The van der Waals surface area contributed by atoms with Crippen LogP contribution in [0.3, 0.4) is 0 Å². The molecule has 2 amide bonds. The summed E-state index contributed by atoms with van der Waals surface area (Å²) in [4.78, 5) is 27.6. The molecule has 0 radical (unpaired) electrons. The number of hydrogen-bond acceptors (Lipinski definition) is 4. The molecule has 2 aromatic rings. The van der Waals surface area contributed by atoms with Crippen molar-refractivity contribution in [1.29, 1.82) is 0 Å². The van der Waals surface area contributed by atoms with Gasteiger partial charge in [0.1, 0.15) is 12.6 Å². The van der Waals surface area contributed by atoms with E-state index in [0.29, 0.717) is 33.9 Å². The number of anilines is 1. The fourth-order valence-electron chi connectivity index (χ4n) is 3.55. The van der Waals surface area contributed by atoms with Crippen LogP contribution in [0.25, 0.3) is 0 Å². The van der Waals surface area contributed by atoms with Gasteiger partial charge in [-0.2, -0.15) is 13.2 Å². The Hall–Kier alpha value is -2.79. The van der Waals surface area contributed by atoms with Gasteiger partial charge in [-0.15, -0.1) is 0 Å². The Morgan fingerprint density at radius 1 is 1.08 bits per heavy atom. The highest BCUT2D eigenvalue weighted by Crippen LogP contribution is 2.32. The van der Waals surface area contributed by atoms with Crippen molar-refractivity contribution in [2.75, 3.05) is 23.7 Å². The molecule has 2 rings (SSSR count). The first kappa shape index (κ1) is 29.4. The second kappa shape index (κ2) is 12.4. The van der Waals surface area contributed by atoms with Gasteiger partial charge in [0.15, 0.2) is 0 Å². The van der Waals surface area contributed by atoms with E-state index < -0.39 is 46.2 Å². The average Bonchev–Trinajstić information content (AvgIpc) is 2.80. The molecule has 12 heteroatoms. The van der Waals surface area contributed by atoms with Crippen molar-refractivity contribution >= 4 is 39.1 Å². The van der Waals surface area contributed by atoms with Crippen molar-refractivity contribution in [3.63, 3.8) is 0 Å². The Bertz CT molecular complexity index is 1180. The van der Waals surface area contributed by atoms with Gasteiger partial charge in [0.2, 0.25) is 21.8 Å². The second-order valence-corrected chi connectivity index (χ2v) is 10.5. The molecule has 7 nitrogen and oxygen atoms in total. The molecule has 0 heterocycles. The number of benzene rings is 2. The standard InChI is InChI=1S/C24H29ClF3N3O4S/c1-4-13-29-23(33)21(5-2)30(15-17-9-6-7-12-20(17)25)22(32)16-31(36(3,34)35)19-11-8-10-18(14-19)24(26,27)28/h6-12,14,21H,4-5,13,15-16H2,1-3H3,(H,29,33)/t21-/m1/s1. The molecule has 0 fully saturated rings. The van der Waals surface area contributed by atoms with Crippen LogP contribution in [0.5, 0.6) is 0 Å². The molecule has 0 bridgehead atoms. The minimum absolute atomic E-state index is 0.100. The summed E-state index contributed by atoms with van der Waals surface area (Å²) in [6.07, 6.45) is -3.03. The van der Waals surface area contributed by atoms with Crippen molar-refractivity contribution in [3.8, 4) is 0 Å². The van der Waals surface area contributed by atoms with Gasteiger partial charge >= 0.3 is 6.18 Å². The molecule has 1 atom stereocenters. The van der Waals surface area contributed by atoms with Crippen LogP contribution in [-0.2, 0) is 32.3 Å². The van der Waals surface area contributed by atoms with E-state index in [0.717, 1.165) is 18.4 Å². The van der Waals surface area contributed by atoms with E-state index in [1.165, 1.54) is 11.0 Å². The number of nitrogens with one attached hydrogen (secondary N) is 1. The van der Waals surface area contributed by atoms with Crippen molar-refractivity contribution in [2.45, 2.75) is 45.5 Å². The summed E-state index contributed by atoms with van der Waals surface area (Å²) in [6.45, 7) is 3.04. The largest absolute Gasteiger partial charge is 0.416 e.